The molecule has 1 aromatic carbocycles. The van der Waals surface area contributed by atoms with Crippen molar-refractivity contribution in [3.05, 3.63) is 47.3 Å². The van der Waals surface area contributed by atoms with E-state index in [1.54, 1.807) is 12.1 Å². The summed E-state index contributed by atoms with van der Waals surface area (Å²) < 4.78 is 0. The Morgan fingerprint density at radius 3 is 2.53 bits per heavy atom. The first kappa shape index (κ1) is 13.3. The normalized spacial score (nSPS) is 10.4. The van der Waals surface area contributed by atoms with Crippen LogP contribution in [0, 0.1) is 13.8 Å². The lowest BCUT2D eigenvalue weighted by atomic mass is 10.1. The lowest BCUT2D eigenvalue weighted by Crippen LogP contribution is -2.07. The molecule has 2 aromatic rings. The van der Waals surface area contributed by atoms with Gasteiger partial charge >= 0.3 is 0 Å². The predicted octanol–water partition coefficient (Wildman–Crippen LogP) is 2.84. The molecule has 0 saturated carbocycles. The first-order valence-electron chi connectivity index (χ1n) is 6.47. The molecular formula is C15H19N3O. The van der Waals surface area contributed by atoms with Crippen molar-refractivity contribution in [2.45, 2.75) is 26.7 Å². The molecule has 0 saturated heterocycles. The molecule has 4 nitrogen and oxygen atoms in total. The van der Waals surface area contributed by atoms with Gasteiger partial charge in [-0.1, -0.05) is 12.1 Å². The Hall–Kier alpha value is -2.10. The Balaban J connectivity index is 1.80. The van der Waals surface area contributed by atoms with Crippen molar-refractivity contribution in [3.8, 4) is 5.75 Å². The molecule has 0 fully saturated rings. The van der Waals surface area contributed by atoms with Gasteiger partial charge in [0.05, 0.1) is 0 Å². The fourth-order valence-electron chi connectivity index (χ4n) is 2.01. The van der Waals surface area contributed by atoms with E-state index in [1.807, 2.05) is 32.0 Å². The number of rotatable bonds is 5. The summed E-state index contributed by atoms with van der Waals surface area (Å²) in [5, 5.41) is 12.6. The fourth-order valence-corrected chi connectivity index (χ4v) is 2.01. The standard InChI is InChI=1S/C15H19N3O/c1-11-9-12(2)18-15(17-11)16-8-4-6-13-5-3-7-14(19)10-13/h3,5,7,9-10,19H,4,6,8H2,1-2H3,(H,16,17,18). The Morgan fingerprint density at radius 1 is 1.11 bits per heavy atom. The van der Waals surface area contributed by atoms with E-state index >= 15 is 0 Å². The number of aromatic nitrogens is 2. The first-order chi connectivity index (χ1) is 9.13. The van der Waals surface area contributed by atoms with Crippen LogP contribution in [-0.4, -0.2) is 21.6 Å². The third kappa shape index (κ3) is 4.25. The van der Waals surface area contributed by atoms with Crippen LogP contribution in [0.2, 0.25) is 0 Å². The molecule has 0 radical (unpaired) electrons. The topological polar surface area (TPSA) is 58.0 Å². The molecule has 4 heteroatoms. The zero-order valence-electron chi connectivity index (χ0n) is 11.3. The number of phenols is 1. The molecular weight excluding hydrogens is 238 g/mol. The van der Waals surface area contributed by atoms with E-state index in [0.717, 1.165) is 36.3 Å². The van der Waals surface area contributed by atoms with E-state index in [0.29, 0.717) is 11.7 Å². The molecule has 0 atom stereocenters. The van der Waals surface area contributed by atoms with E-state index in [9.17, 15) is 5.11 Å². The predicted molar refractivity (Wildman–Crippen MR) is 76.4 cm³/mol. The van der Waals surface area contributed by atoms with Crippen LogP contribution in [0.5, 0.6) is 5.75 Å². The zero-order valence-corrected chi connectivity index (χ0v) is 11.3. The summed E-state index contributed by atoms with van der Waals surface area (Å²) >= 11 is 0. The van der Waals surface area contributed by atoms with Gasteiger partial charge in [0.2, 0.25) is 5.95 Å². The van der Waals surface area contributed by atoms with Crippen molar-refractivity contribution in [1.29, 1.82) is 0 Å². The van der Waals surface area contributed by atoms with Crippen LogP contribution in [0.15, 0.2) is 30.3 Å². The SMILES string of the molecule is Cc1cc(C)nc(NCCCc2cccc(O)c2)n1. The molecule has 2 N–H and O–H groups in total. The van der Waals surface area contributed by atoms with Gasteiger partial charge in [-0.15, -0.1) is 0 Å². The Morgan fingerprint density at radius 2 is 1.84 bits per heavy atom. The Bertz CT molecular complexity index is 535. The van der Waals surface area contributed by atoms with Gasteiger partial charge in [-0.2, -0.15) is 0 Å². The van der Waals surface area contributed by atoms with Crippen LogP contribution in [0.3, 0.4) is 0 Å². The van der Waals surface area contributed by atoms with Crippen LogP contribution in [0.1, 0.15) is 23.4 Å². The van der Waals surface area contributed by atoms with Crippen LogP contribution >= 0.6 is 0 Å². The van der Waals surface area contributed by atoms with Crippen LogP contribution in [-0.2, 0) is 6.42 Å². The van der Waals surface area contributed by atoms with Gasteiger partial charge in [-0.25, -0.2) is 9.97 Å². The summed E-state index contributed by atoms with van der Waals surface area (Å²) in [5.41, 5.74) is 3.09. The maximum Gasteiger partial charge on any atom is 0.223 e. The molecule has 0 aliphatic carbocycles. The second-order valence-corrected chi connectivity index (χ2v) is 4.67. The van der Waals surface area contributed by atoms with Crippen molar-refractivity contribution in [2.24, 2.45) is 0 Å². The highest BCUT2D eigenvalue weighted by Gasteiger charge is 1.99. The maximum atomic E-state index is 9.37. The molecule has 19 heavy (non-hydrogen) atoms. The molecule has 1 aromatic heterocycles. The third-order valence-electron chi connectivity index (χ3n) is 2.82. The summed E-state index contributed by atoms with van der Waals surface area (Å²) in [6.45, 7) is 4.75. The number of anilines is 1. The average molecular weight is 257 g/mol. The number of aromatic hydroxyl groups is 1. The number of benzene rings is 1. The number of hydrogen-bond donors (Lipinski definition) is 2. The molecule has 1 heterocycles. The summed E-state index contributed by atoms with van der Waals surface area (Å²) in [6.07, 6.45) is 1.89. The van der Waals surface area contributed by atoms with E-state index in [4.69, 9.17) is 0 Å². The van der Waals surface area contributed by atoms with Gasteiger partial charge in [0.15, 0.2) is 0 Å². The van der Waals surface area contributed by atoms with E-state index < -0.39 is 0 Å². The monoisotopic (exact) mass is 257 g/mol. The van der Waals surface area contributed by atoms with Crippen molar-refractivity contribution >= 4 is 5.95 Å². The van der Waals surface area contributed by atoms with Crippen molar-refractivity contribution in [3.63, 3.8) is 0 Å². The van der Waals surface area contributed by atoms with Crippen molar-refractivity contribution < 1.29 is 5.11 Å². The number of hydrogen-bond acceptors (Lipinski definition) is 4. The number of phenolic OH excluding ortho intramolecular Hbond substituents is 1. The summed E-state index contributed by atoms with van der Waals surface area (Å²) in [4.78, 5) is 8.66. The largest absolute Gasteiger partial charge is 0.508 e. The molecule has 0 aliphatic rings. The summed E-state index contributed by atoms with van der Waals surface area (Å²) in [6, 6.07) is 9.33. The van der Waals surface area contributed by atoms with Crippen LogP contribution < -0.4 is 5.32 Å². The molecule has 2 rings (SSSR count). The quantitative estimate of drug-likeness (QED) is 0.809. The molecule has 0 aliphatic heterocycles. The average Bonchev–Trinajstić information content (AvgIpc) is 2.34. The third-order valence-corrected chi connectivity index (χ3v) is 2.82. The maximum absolute atomic E-state index is 9.37. The fraction of sp³-hybridized carbons (Fsp3) is 0.333. The van der Waals surface area contributed by atoms with Gasteiger partial charge < -0.3 is 10.4 Å². The van der Waals surface area contributed by atoms with Crippen molar-refractivity contribution in [2.75, 3.05) is 11.9 Å². The minimum Gasteiger partial charge on any atom is -0.508 e. The second-order valence-electron chi connectivity index (χ2n) is 4.67. The summed E-state index contributed by atoms with van der Waals surface area (Å²) in [5.74, 6) is 1.01. The molecule has 100 valence electrons. The highest BCUT2D eigenvalue weighted by molar-refractivity contribution is 5.29. The highest BCUT2D eigenvalue weighted by atomic mass is 16.3. The molecule has 0 spiro atoms. The minimum atomic E-state index is 0.322. The van der Waals surface area contributed by atoms with Gasteiger partial charge in [0.1, 0.15) is 5.75 Å². The number of aryl methyl sites for hydroxylation is 3. The van der Waals surface area contributed by atoms with E-state index in [-0.39, 0.29) is 0 Å². The minimum absolute atomic E-state index is 0.322. The van der Waals surface area contributed by atoms with Gasteiger partial charge in [-0.3, -0.25) is 0 Å². The van der Waals surface area contributed by atoms with Gasteiger partial charge in [0, 0.05) is 17.9 Å². The number of nitrogens with zero attached hydrogens (tertiary/aromatic N) is 2. The first-order valence-corrected chi connectivity index (χ1v) is 6.47. The van der Waals surface area contributed by atoms with E-state index in [1.165, 1.54) is 0 Å². The lowest BCUT2D eigenvalue weighted by Gasteiger charge is -2.06. The number of nitrogens with one attached hydrogen (secondary N) is 1. The smallest absolute Gasteiger partial charge is 0.223 e. The zero-order chi connectivity index (χ0) is 13.7. The Labute approximate surface area is 113 Å². The lowest BCUT2D eigenvalue weighted by molar-refractivity contribution is 0.474. The Kier molecular flexibility index (Phi) is 4.34. The highest BCUT2D eigenvalue weighted by Crippen LogP contribution is 2.12. The van der Waals surface area contributed by atoms with Crippen LogP contribution in [0.4, 0.5) is 5.95 Å². The molecule has 0 unspecified atom stereocenters. The summed E-state index contributed by atoms with van der Waals surface area (Å²) in [7, 11) is 0. The van der Waals surface area contributed by atoms with Gasteiger partial charge in [0.25, 0.3) is 0 Å². The van der Waals surface area contributed by atoms with Crippen molar-refractivity contribution in [1.82, 2.24) is 9.97 Å². The molecule has 0 bridgehead atoms. The van der Waals surface area contributed by atoms with Gasteiger partial charge in [-0.05, 0) is 50.5 Å². The molecule has 0 amide bonds. The second kappa shape index (κ2) is 6.18. The van der Waals surface area contributed by atoms with Crippen LogP contribution in [0.25, 0.3) is 0 Å². The van der Waals surface area contributed by atoms with E-state index in [2.05, 4.69) is 15.3 Å².